The fourth-order valence-corrected chi connectivity index (χ4v) is 1.79. The first-order chi connectivity index (χ1) is 9.21. The molecule has 0 aliphatic carbocycles. The second-order valence-corrected chi connectivity index (χ2v) is 4.39. The van der Waals surface area contributed by atoms with E-state index in [2.05, 4.69) is 15.3 Å². The fraction of sp³-hybridized carbons (Fsp3) is 0.286. The fourth-order valence-electron chi connectivity index (χ4n) is 1.61. The second kappa shape index (κ2) is 6.38. The molecule has 1 aromatic heterocycles. The summed E-state index contributed by atoms with van der Waals surface area (Å²) in [4.78, 5) is 8.72. The van der Waals surface area contributed by atoms with Crippen LogP contribution in [0.25, 0.3) is 0 Å². The lowest BCUT2D eigenvalue weighted by atomic mass is 10.3. The normalized spacial score (nSPS) is 10.3. The summed E-state index contributed by atoms with van der Waals surface area (Å²) in [6.45, 7) is 4.83. The van der Waals surface area contributed by atoms with Gasteiger partial charge in [0.15, 0.2) is 0 Å². The highest BCUT2D eigenvalue weighted by molar-refractivity contribution is 6.30. The first-order valence-corrected chi connectivity index (χ1v) is 6.64. The van der Waals surface area contributed by atoms with Crippen LogP contribution in [0.3, 0.4) is 0 Å². The highest BCUT2D eigenvalue weighted by Gasteiger charge is 2.05. The zero-order valence-corrected chi connectivity index (χ0v) is 11.7. The first kappa shape index (κ1) is 13.6. The average molecular weight is 278 g/mol. The number of hydrogen-bond acceptors (Lipinski definition) is 4. The largest absolute Gasteiger partial charge is 0.439 e. The van der Waals surface area contributed by atoms with Gasteiger partial charge in [-0.3, -0.25) is 0 Å². The number of halogens is 1. The molecule has 2 aromatic rings. The van der Waals surface area contributed by atoms with Gasteiger partial charge in [0.2, 0.25) is 5.88 Å². The number of aromatic nitrogens is 2. The maximum Gasteiger partial charge on any atom is 0.224 e. The quantitative estimate of drug-likeness (QED) is 0.900. The molecule has 100 valence electrons. The van der Waals surface area contributed by atoms with Crippen LogP contribution in [0.15, 0.2) is 30.3 Å². The van der Waals surface area contributed by atoms with Crippen molar-refractivity contribution in [1.82, 2.24) is 9.97 Å². The first-order valence-electron chi connectivity index (χ1n) is 6.26. The monoisotopic (exact) mass is 277 g/mol. The van der Waals surface area contributed by atoms with Crippen LogP contribution in [-0.2, 0) is 6.42 Å². The summed E-state index contributed by atoms with van der Waals surface area (Å²) in [5.74, 6) is 2.70. The van der Waals surface area contributed by atoms with Crippen LogP contribution >= 0.6 is 11.6 Å². The molecule has 4 nitrogen and oxygen atoms in total. The molecule has 0 bridgehead atoms. The number of aryl methyl sites for hydroxylation is 1. The van der Waals surface area contributed by atoms with Crippen LogP contribution in [0.2, 0.25) is 5.02 Å². The van der Waals surface area contributed by atoms with E-state index in [9.17, 15) is 0 Å². The molecule has 0 amide bonds. The Morgan fingerprint density at radius 3 is 2.74 bits per heavy atom. The van der Waals surface area contributed by atoms with E-state index in [4.69, 9.17) is 16.3 Å². The van der Waals surface area contributed by atoms with Gasteiger partial charge in [-0.2, -0.15) is 4.98 Å². The number of anilines is 1. The maximum atomic E-state index is 5.93. The van der Waals surface area contributed by atoms with E-state index in [1.165, 1.54) is 0 Å². The third-order valence-corrected chi connectivity index (χ3v) is 2.68. The number of hydrogen-bond donors (Lipinski definition) is 1. The predicted molar refractivity (Wildman–Crippen MR) is 77.1 cm³/mol. The van der Waals surface area contributed by atoms with Crippen molar-refractivity contribution in [3.05, 3.63) is 41.2 Å². The van der Waals surface area contributed by atoms with Crippen molar-refractivity contribution in [3.8, 4) is 11.6 Å². The molecule has 0 atom stereocenters. The molecule has 0 unspecified atom stereocenters. The summed E-state index contributed by atoms with van der Waals surface area (Å²) in [6, 6.07) is 9.01. The molecule has 0 aliphatic heterocycles. The molecule has 1 aromatic carbocycles. The van der Waals surface area contributed by atoms with Gasteiger partial charge in [-0.15, -0.1) is 0 Å². The maximum absolute atomic E-state index is 5.93. The molecule has 0 saturated carbocycles. The van der Waals surface area contributed by atoms with E-state index in [-0.39, 0.29) is 0 Å². The molecule has 5 heteroatoms. The molecule has 0 saturated heterocycles. The number of benzene rings is 1. The van der Waals surface area contributed by atoms with Crippen molar-refractivity contribution in [2.24, 2.45) is 0 Å². The summed E-state index contributed by atoms with van der Waals surface area (Å²) < 4.78 is 5.71. The predicted octanol–water partition coefficient (Wildman–Crippen LogP) is 3.92. The Kier molecular flexibility index (Phi) is 4.58. The Balaban J connectivity index is 2.26. The highest BCUT2D eigenvalue weighted by Crippen LogP contribution is 2.24. The van der Waals surface area contributed by atoms with E-state index in [1.807, 2.05) is 26.0 Å². The summed E-state index contributed by atoms with van der Waals surface area (Å²) in [5.41, 5.74) is 0. The van der Waals surface area contributed by atoms with Crippen LogP contribution in [0.4, 0.5) is 5.82 Å². The topological polar surface area (TPSA) is 47.0 Å². The van der Waals surface area contributed by atoms with Crippen LogP contribution in [-0.4, -0.2) is 16.5 Å². The second-order valence-electron chi connectivity index (χ2n) is 3.95. The van der Waals surface area contributed by atoms with Crippen molar-refractivity contribution in [2.75, 3.05) is 11.9 Å². The van der Waals surface area contributed by atoms with Gasteiger partial charge >= 0.3 is 0 Å². The van der Waals surface area contributed by atoms with Crippen molar-refractivity contribution < 1.29 is 4.74 Å². The number of nitrogens with zero attached hydrogens (tertiary/aromatic N) is 2. The minimum atomic E-state index is 0.519. The Labute approximate surface area is 117 Å². The van der Waals surface area contributed by atoms with Crippen LogP contribution < -0.4 is 10.1 Å². The van der Waals surface area contributed by atoms with E-state index < -0.39 is 0 Å². The standard InChI is InChI=1S/C14H16ClN3O/c1-3-12-17-13(16-4-2)9-14(18-12)19-11-7-5-6-10(15)8-11/h5-9H,3-4H2,1-2H3,(H,16,17,18). The van der Waals surface area contributed by atoms with Gasteiger partial charge in [-0.05, 0) is 25.1 Å². The van der Waals surface area contributed by atoms with Crippen LogP contribution in [0.5, 0.6) is 11.6 Å². The number of rotatable bonds is 5. The Hall–Kier alpha value is -1.81. The SMILES string of the molecule is CCNc1cc(Oc2cccc(Cl)c2)nc(CC)n1. The third kappa shape index (κ3) is 3.83. The van der Waals surface area contributed by atoms with E-state index in [1.54, 1.807) is 18.2 Å². The molecular weight excluding hydrogens is 262 g/mol. The Bertz CT molecular complexity index is 560. The van der Waals surface area contributed by atoms with Crippen LogP contribution in [0, 0.1) is 0 Å². The zero-order chi connectivity index (χ0) is 13.7. The molecule has 1 N–H and O–H groups in total. The number of ether oxygens (including phenoxy) is 1. The summed E-state index contributed by atoms with van der Waals surface area (Å²) in [5, 5.41) is 3.80. The summed E-state index contributed by atoms with van der Waals surface area (Å²) in [7, 11) is 0. The molecule has 19 heavy (non-hydrogen) atoms. The minimum absolute atomic E-state index is 0.519. The third-order valence-electron chi connectivity index (χ3n) is 2.44. The lowest BCUT2D eigenvalue weighted by Crippen LogP contribution is -2.04. The van der Waals surface area contributed by atoms with Crippen molar-refractivity contribution in [3.63, 3.8) is 0 Å². The molecule has 2 rings (SSSR count). The van der Waals surface area contributed by atoms with Gasteiger partial charge in [0.05, 0.1) is 0 Å². The molecule has 0 fully saturated rings. The van der Waals surface area contributed by atoms with Gasteiger partial charge < -0.3 is 10.1 Å². The molecule has 0 radical (unpaired) electrons. The minimum Gasteiger partial charge on any atom is -0.439 e. The van der Waals surface area contributed by atoms with Gasteiger partial charge in [0, 0.05) is 24.1 Å². The Morgan fingerprint density at radius 1 is 1.21 bits per heavy atom. The molecule has 1 heterocycles. The lowest BCUT2D eigenvalue weighted by molar-refractivity contribution is 0.459. The lowest BCUT2D eigenvalue weighted by Gasteiger charge is -2.09. The summed E-state index contributed by atoms with van der Waals surface area (Å²) >= 11 is 5.93. The van der Waals surface area contributed by atoms with Gasteiger partial charge in [0.25, 0.3) is 0 Å². The van der Waals surface area contributed by atoms with E-state index >= 15 is 0 Å². The smallest absolute Gasteiger partial charge is 0.224 e. The van der Waals surface area contributed by atoms with Crippen molar-refractivity contribution in [1.29, 1.82) is 0 Å². The van der Waals surface area contributed by atoms with Gasteiger partial charge in [-0.1, -0.05) is 24.6 Å². The number of nitrogens with one attached hydrogen (secondary N) is 1. The van der Waals surface area contributed by atoms with Crippen molar-refractivity contribution in [2.45, 2.75) is 20.3 Å². The summed E-state index contributed by atoms with van der Waals surface area (Å²) in [6.07, 6.45) is 0.755. The van der Waals surface area contributed by atoms with Crippen LogP contribution in [0.1, 0.15) is 19.7 Å². The Morgan fingerprint density at radius 2 is 2.05 bits per heavy atom. The van der Waals surface area contributed by atoms with Crippen molar-refractivity contribution >= 4 is 17.4 Å². The molecule has 0 spiro atoms. The van der Waals surface area contributed by atoms with E-state index in [0.29, 0.717) is 16.7 Å². The molecular formula is C14H16ClN3O. The average Bonchev–Trinajstić information content (AvgIpc) is 2.39. The van der Waals surface area contributed by atoms with Gasteiger partial charge in [-0.25, -0.2) is 4.98 Å². The molecule has 0 aliphatic rings. The zero-order valence-electron chi connectivity index (χ0n) is 11.0. The van der Waals surface area contributed by atoms with Gasteiger partial charge in [0.1, 0.15) is 17.4 Å². The van der Waals surface area contributed by atoms with E-state index in [0.717, 1.165) is 24.6 Å². The highest BCUT2D eigenvalue weighted by atomic mass is 35.5.